The Morgan fingerprint density at radius 1 is 1.36 bits per heavy atom. The zero-order chi connectivity index (χ0) is 9.80. The molecule has 0 atom stereocenters. The van der Waals surface area contributed by atoms with E-state index in [0.717, 1.165) is 16.0 Å². The summed E-state index contributed by atoms with van der Waals surface area (Å²) < 4.78 is 0. The number of rotatable bonds is 3. The van der Waals surface area contributed by atoms with E-state index in [0.29, 0.717) is 0 Å². The van der Waals surface area contributed by atoms with Gasteiger partial charge in [0.25, 0.3) is 0 Å². The minimum Gasteiger partial charge on any atom is -0.373 e. The van der Waals surface area contributed by atoms with Crippen molar-refractivity contribution >= 4 is 17.6 Å². The van der Waals surface area contributed by atoms with Crippen LogP contribution >= 0.6 is 11.8 Å². The zero-order valence-electron chi connectivity index (χ0n) is 7.56. The molecular weight excluding hydrogens is 198 g/mol. The molecule has 0 aliphatic rings. The quantitative estimate of drug-likeness (QED) is 0.744. The van der Waals surface area contributed by atoms with E-state index in [-0.39, 0.29) is 0 Å². The van der Waals surface area contributed by atoms with Crippen LogP contribution in [0.2, 0.25) is 0 Å². The lowest BCUT2D eigenvalue weighted by atomic mass is 10.6. The Labute approximate surface area is 85.4 Å². The van der Waals surface area contributed by atoms with Crippen LogP contribution in [0.25, 0.3) is 0 Å². The van der Waals surface area contributed by atoms with E-state index in [1.807, 2.05) is 13.1 Å². The molecule has 0 saturated carbocycles. The van der Waals surface area contributed by atoms with E-state index in [4.69, 9.17) is 0 Å². The Kier molecular flexibility index (Phi) is 2.64. The van der Waals surface area contributed by atoms with Crippen LogP contribution in [-0.2, 0) is 0 Å². The van der Waals surface area contributed by atoms with Crippen LogP contribution in [0.4, 0.5) is 5.82 Å². The molecule has 0 bridgehead atoms. The lowest BCUT2D eigenvalue weighted by Gasteiger charge is -2.00. The SMILES string of the molecule is CNc1cc(Sc2ncc[nH]2)ncn1. The Morgan fingerprint density at radius 2 is 2.29 bits per heavy atom. The number of nitrogens with one attached hydrogen (secondary N) is 2. The van der Waals surface area contributed by atoms with Crippen molar-refractivity contribution in [2.45, 2.75) is 10.2 Å². The summed E-state index contributed by atoms with van der Waals surface area (Å²) in [6.07, 6.45) is 5.02. The van der Waals surface area contributed by atoms with Gasteiger partial charge in [-0.25, -0.2) is 15.0 Å². The monoisotopic (exact) mass is 207 g/mol. The number of nitrogens with zero attached hydrogens (tertiary/aromatic N) is 3. The van der Waals surface area contributed by atoms with Gasteiger partial charge >= 0.3 is 0 Å². The molecule has 0 aliphatic heterocycles. The maximum absolute atomic E-state index is 4.11. The highest BCUT2D eigenvalue weighted by atomic mass is 32.2. The van der Waals surface area contributed by atoms with Crippen molar-refractivity contribution in [3.8, 4) is 0 Å². The van der Waals surface area contributed by atoms with Gasteiger partial charge in [-0.15, -0.1) is 0 Å². The lowest BCUT2D eigenvalue weighted by molar-refractivity contribution is 1.01. The van der Waals surface area contributed by atoms with Crippen molar-refractivity contribution in [3.63, 3.8) is 0 Å². The van der Waals surface area contributed by atoms with Crippen LogP contribution in [-0.4, -0.2) is 27.0 Å². The average molecular weight is 207 g/mol. The van der Waals surface area contributed by atoms with Crippen LogP contribution in [0, 0.1) is 0 Å². The summed E-state index contributed by atoms with van der Waals surface area (Å²) in [5.41, 5.74) is 0. The second kappa shape index (κ2) is 4.10. The molecule has 0 unspecified atom stereocenters. The normalized spacial score (nSPS) is 10.1. The highest BCUT2D eigenvalue weighted by Crippen LogP contribution is 2.22. The minimum absolute atomic E-state index is 0.800. The predicted octanol–water partition coefficient (Wildman–Crippen LogP) is 1.39. The first-order valence-electron chi connectivity index (χ1n) is 4.05. The van der Waals surface area contributed by atoms with Crippen molar-refractivity contribution in [2.75, 3.05) is 12.4 Å². The molecule has 72 valence electrons. The van der Waals surface area contributed by atoms with Gasteiger partial charge < -0.3 is 10.3 Å². The van der Waals surface area contributed by atoms with Gasteiger partial charge in [0.2, 0.25) is 0 Å². The number of H-pyrrole nitrogens is 1. The number of aromatic nitrogens is 4. The molecular formula is C8H9N5S. The standard InChI is InChI=1S/C8H9N5S/c1-9-6-4-7(13-5-12-6)14-8-10-2-3-11-8/h2-5H,1H3,(H,10,11)(H,9,12,13). The molecule has 0 spiro atoms. The number of imidazole rings is 1. The fourth-order valence-electron chi connectivity index (χ4n) is 0.938. The smallest absolute Gasteiger partial charge is 0.171 e. The van der Waals surface area contributed by atoms with Crippen molar-refractivity contribution in [1.29, 1.82) is 0 Å². The molecule has 0 aromatic carbocycles. The summed E-state index contributed by atoms with van der Waals surface area (Å²) in [6, 6.07) is 1.87. The van der Waals surface area contributed by atoms with Crippen LogP contribution in [0.3, 0.4) is 0 Å². The van der Waals surface area contributed by atoms with Gasteiger partial charge in [0.05, 0.1) is 0 Å². The van der Waals surface area contributed by atoms with Crippen LogP contribution in [0.1, 0.15) is 0 Å². The first kappa shape index (κ1) is 9.01. The first-order valence-corrected chi connectivity index (χ1v) is 4.87. The predicted molar refractivity (Wildman–Crippen MR) is 54.3 cm³/mol. The molecule has 2 aromatic heterocycles. The third kappa shape index (κ3) is 2.02. The minimum atomic E-state index is 0.800. The first-order chi connectivity index (χ1) is 6.88. The molecule has 0 radical (unpaired) electrons. The topological polar surface area (TPSA) is 66.5 Å². The van der Waals surface area contributed by atoms with Gasteiger partial charge in [0.1, 0.15) is 17.2 Å². The summed E-state index contributed by atoms with van der Waals surface area (Å²) in [6.45, 7) is 0. The van der Waals surface area contributed by atoms with Gasteiger partial charge in [-0.05, 0) is 11.8 Å². The van der Waals surface area contributed by atoms with Crippen molar-refractivity contribution in [2.24, 2.45) is 0 Å². The number of hydrogen-bond donors (Lipinski definition) is 2. The highest BCUT2D eigenvalue weighted by molar-refractivity contribution is 7.99. The Hall–Kier alpha value is -1.56. The molecule has 2 heterocycles. The maximum Gasteiger partial charge on any atom is 0.171 e. The largest absolute Gasteiger partial charge is 0.373 e. The molecule has 0 saturated heterocycles. The Balaban J connectivity index is 2.17. The van der Waals surface area contributed by atoms with Crippen molar-refractivity contribution in [1.82, 2.24) is 19.9 Å². The molecule has 0 amide bonds. The zero-order valence-corrected chi connectivity index (χ0v) is 8.38. The Bertz CT molecular complexity index is 400. The Morgan fingerprint density at radius 3 is 3.00 bits per heavy atom. The van der Waals surface area contributed by atoms with Gasteiger partial charge in [0.15, 0.2) is 5.16 Å². The number of aromatic amines is 1. The summed E-state index contributed by atoms with van der Waals surface area (Å²) in [7, 11) is 1.82. The van der Waals surface area contributed by atoms with E-state index >= 15 is 0 Å². The number of anilines is 1. The second-order valence-corrected chi connectivity index (χ2v) is 3.50. The maximum atomic E-state index is 4.11. The van der Waals surface area contributed by atoms with E-state index in [1.54, 1.807) is 12.4 Å². The third-order valence-electron chi connectivity index (χ3n) is 1.57. The van der Waals surface area contributed by atoms with E-state index in [9.17, 15) is 0 Å². The van der Waals surface area contributed by atoms with Gasteiger partial charge in [-0.1, -0.05) is 0 Å². The van der Waals surface area contributed by atoms with E-state index in [1.165, 1.54) is 18.1 Å². The molecule has 14 heavy (non-hydrogen) atoms. The summed E-state index contributed by atoms with van der Waals surface area (Å²) >= 11 is 1.47. The molecule has 2 N–H and O–H groups in total. The van der Waals surface area contributed by atoms with Crippen LogP contribution in [0.15, 0.2) is 35.0 Å². The van der Waals surface area contributed by atoms with Crippen molar-refractivity contribution < 1.29 is 0 Å². The highest BCUT2D eigenvalue weighted by Gasteiger charge is 2.01. The second-order valence-electron chi connectivity index (χ2n) is 2.49. The fourth-order valence-corrected chi connectivity index (χ4v) is 1.65. The van der Waals surface area contributed by atoms with E-state index < -0.39 is 0 Å². The summed E-state index contributed by atoms with van der Waals surface area (Å²) in [5.74, 6) is 0.800. The molecule has 2 rings (SSSR count). The molecule has 6 heteroatoms. The molecule has 0 aliphatic carbocycles. The van der Waals surface area contributed by atoms with E-state index in [2.05, 4.69) is 25.3 Å². The summed E-state index contributed by atoms with van der Waals surface area (Å²) in [4.78, 5) is 15.2. The van der Waals surface area contributed by atoms with Crippen LogP contribution in [0.5, 0.6) is 0 Å². The third-order valence-corrected chi connectivity index (χ3v) is 2.42. The van der Waals surface area contributed by atoms with Gasteiger partial charge in [-0.3, -0.25) is 0 Å². The molecule has 2 aromatic rings. The fraction of sp³-hybridized carbons (Fsp3) is 0.125. The average Bonchev–Trinajstić information content (AvgIpc) is 2.71. The number of hydrogen-bond acceptors (Lipinski definition) is 5. The molecule has 0 fully saturated rings. The summed E-state index contributed by atoms with van der Waals surface area (Å²) in [5, 5.41) is 4.64. The van der Waals surface area contributed by atoms with Gasteiger partial charge in [0, 0.05) is 25.5 Å². The van der Waals surface area contributed by atoms with Crippen molar-refractivity contribution in [3.05, 3.63) is 24.8 Å². The van der Waals surface area contributed by atoms with Crippen LogP contribution < -0.4 is 5.32 Å². The lowest BCUT2D eigenvalue weighted by Crippen LogP contribution is -1.93. The van der Waals surface area contributed by atoms with Gasteiger partial charge in [-0.2, -0.15) is 0 Å². The molecule has 5 nitrogen and oxygen atoms in total.